The van der Waals surface area contributed by atoms with Crippen LogP contribution < -0.4 is 25.9 Å². The largest absolute Gasteiger partial charge is 0.741 e. The van der Waals surface area contributed by atoms with Gasteiger partial charge in [-0.3, -0.25) is 0 Å². The number of hydrogen-bond acceptors (Lipinski definition) is 4. The van der Waals surface area contributed by atoms with Crippen LogP contribution in [-0.2, 0) is 16.5 Å². The van der Waals surface area contributed by atoms with Crippen LogP contribution in [-0.4, -0.2) is 30.0 Å². The Labute approximate surface area is 263 Å². The second-order valence-corrected chi connectivity index (χ2v) is 14.3. The lowest BCUT2D eigenvalue weighted by Gasteiger charge is -2.09. The minimum Gasteiger partial charge on any atom is -0.741 e. The lowest BCUT2D eigenvalue weighted by atomic mass is 10.0. The number of alkyl halides is 4. The van der Waals surface area contributed by atoms with Gasteiger partial charge in [-0.25, -0.2) is 8.42 Å². The molecule has 0 N–H and O–H groups in total. The first-order chi connectivity index (χ1) is 20.1. The molecule has 0 atom stereocenters. The van der Waals surface area contributed by atoms with Crippen molar-refractivity contribution in [2.45, 2.75) is 122 Å². The van der Waals surface area contributed by atoms with Crippen LogP contribution in [0, 0.1) is 3.57 Å². The van der Waals surface area contributed by atoms with Crippen LogP contribution in [0.1, 0.15) is 121 Å². The Morgan fingerprint density at radius 3 is 1.62 bits per heavy atom. The molecule has 2 aromatic carbocycles. The SMILES string of the molecule is CCCCCCCCCCCCCCCCCCOc1ccc([I+]C)c(Cc2ccccc2)c1.O=S(=O)([O-])C(F)(F)F. The van der Waals surface area contributed by atoms with Crippen molar-refractivity contribution >= 4 is 10.1 Å². The molecule has 4 nitrogen and oxygen atoms in total. The minimum absolute atomic E-state index is 0.0844. The Morgan fingerprint density at radius 2 is 1.19 bits per heavy atom. The Balaban J connectivity index is 0.000000962. The molecule has 0 aliphatic rings. The van der Waals surface area contributed by atoms with Crippen LogP contribution in [0.15, 0.2) is 48.5 Å². The molecule has 0 radical (unpaired) electrons. The van der Waals surface area contributed by atoms with E-state index in [1.54, 1.807) is 0 Å². The molecule has 0 spiro atoms. The third-order valence-electron chi connectivity index (χ3n) is 7.01. The molecule has 0 amide bonds. The molecule has 0 aliphatic heterocycles. The molecule has 0 saturated heterocycles. The summed E-state index contributed by atoms with van der Waals surface area (Å²) in [5.74, 6) is 1.05. The van der Waals surface area contributed by atoms with Crippen LogP contribution >= 0.6 is 0 Å². The number of unbranched alkanes of at least 4 members (excludes halogenated alkanes) is 15. The number of halogens is 4. The van der Waals surface area contributed by atoms with Gasteiger partial charge >= 0.3 is 26.7 Å². The van der Waals surface area contributed by atoms with Gasteiger partial charge in [0.15, 0.2) is 13.7 Å². The van der Waals surface area contributed by atoms with Crippen molar-refractivity contribution in [1.29, 1.82) is 0 Å². The van der Waals surface area contributed by atoms with E-state index >= 15 is 0 Å². The van der Waals surface area contributed by atoms with E-state index in [4.69, 9.17) is 17.7 Å². The fourth-order valence-electron chi connectivity index (χ4n) is 4.62. The van der Waals surface area contributed by atoms with Gasteiger partial charge in [0.1, 0.15) is 10.7 Å². The molecule has 0 unspecified atom stereocenters. The maximum atomic E-state index is 10.7. The summed E-state index contributed by atoms with van der Waals surface area (Å²) in [5.41, 5.74) is -2.81. The van der Waals surface area contributed by atoms with Crippen molar-refractivity contribution in [2.75, 3.05) is 11.5 Å². The third-order valence-corrected chi connectivity index (χ3v) is 9.79. The Bertz CT molecular complexity index is 1050. The van der Waals surface area contributed by atoms with Crippen LogP contribution in [0.25, 0.3) is 0 Å². The quantitative estimate of drug-likeness (QED) is 0.0464. The fraction of sp³-hybridized carbons (Fsp3) is 0.636. The highest BCUT2D eigenvalue weighted by atomic mass is 127. The Morgan fingerprint density at radius 1 is 0.738 bits per heavy atom. The zero-order valence-corrected chi connectivity index (χ0v) is 28.4. The minimum atomic E-state index is -6.09. The first-order valence-corrected chi connectivity index (χ1v) is 20.0. The van der Waals surface area contributed by atoms with Crippen LogP contribution in [0.3, 0.4) is 0 Å². The molecule has 0 aliphatic carbocycles. The molecule has 2 rings (SSSR count). The Kier molecular flexibility index (Phi) is 21.3. The monoisotopic (exact) mass is 726 g/mol. The zero-order valence-electron chi connectivity index (χ0n) is 25.4. The van der Waals surface area contributed by atoms with Gasteiger partial charge in [-0.15, -0.1) is 0 Å². The lowest BCUT2D eigenvalue weighted by molar-refractivity contribution is -0.598. The molecular formula is C33H50F3IO4S. The van der Waals surface area contributed by atoms with Crippen LogP contribution in [0.4, 0.5) is 13.2 Å². The number of benzene rings is 2. The van der Waals surface area contributed by atoms with Gasteiger partial charge in [-0.1, -0.05) is 134 Å². The van der Waals surface area contributed by atoms with Crippen LogP contribution in [0.5, 0.6) is 5.75 Å². The van der Waals surface area contributed by atoms with E-state index < -0.39 is 15.6 Å². The van der Waals surface area contributed by atoms with Crippen LogP contribution in [0.2, 0.25) is 0 Å². The molecule has 0 heterocycles. The molecule has 42 heavy (non-hydrogen) atoms. The average Bonchev–Trinajstić information content (AvgIpc) is 2.95. The summed E-state index contributed by atoms with van der Waals surface area (Å²) in [6.07, 6.45) is 23.5. The Hall–Kier alpha value is -1.33. The summed E-state index contributed by atoms with van der Waals surface area (Å²) >= 11 is 0.0844. The van der Waals surface area contributed by atoms with E-state index in [2.05, 4.69) is 60.4 Å². The van der Waals surface area contributed by atoms with E-state index in [1.807, 2.05) is 0 Å². The summed E-state index contributed by atoms with van der Waals surface area (Å²) in [6.45, 7) is 3.15. The smallest absolute Gasteiger partial charge is 0.485 e. The zero-order chi connectivity index (χ0) is 31.1. The van der Waals surface area contributed by atoms with Gasteiger partial charge in [0.2, 0.25) is 0 Å². The van der Waals surface area contributed by atoms with Gasteiger partial charge < -0.3 is 9.29 Å². The third kappa shape index (κ3) is 19.1. The van der Waals surface area contributed by atoms with Gasteiger partial charge in [0, 0.05) is 12.0 Å². The standard InChI is InChI=1S/C32H50IO.CHF3O3S/c1-3-4-5-6-7-8-9-10-11-12-13-14-15-16-17-21-26-34-31-24-25-32(33-2)30(28-31)27-29-22-19-18-20-23-29;2-1(3,4)8(5,6)7/h18-20,22-25,28H,3-17,21,26-27H2,1-2H3;(H,5,6,7)/q+1;/p-1. The van der Waals surface area contributed by atoms with Crippen molar-refractivity contribution < 1.29 is 52.1 Å². The van der Waals surface area contributed by atoms with E-state index in [-0.39, 0.29) is 21.2 Å². The van der Waals surface area contributed by atoms with E-state index in [0.29, 0.717) is 0 Å². The van der Waals surface area contributed by atoms with Crippen molar-refractivity contribution in [3.8, 4) is 5.75 Å². The fourth-order valence-corrected chi connectivity index (χ4v) is 6.20. The highest BCUT2D eigenvalue weighted by molar-refractivity contribution is 7.86. The maximum absolute atomic E-state index is 10.7. The topological polar surface area (TPSA) is 66.4 Å². The second-order valence-electron chi connectivity index (χ2n) is 10.7. The van der Waals surface area contributed by atoms with Crippen molar-refractivity contribution in [1.82, 2.24) is 0 Å². The molecular weight excluding hydrogens is 676 g/mol. The van der Waals surface area contributed by atoms with Crippen molar-refractivity contribution in [3.05, 3.63) is 63.2 Å². The van der Waals surface area contributed by atoms with E-state index in [9.17, 15) is 13.2 Å². The summed E-state index contributed by atoms with van der Waals surface area (Å²) < 4.78 is 66.6. The van der Waals surface area contributed by atoms with E-state index in [0.717, 1.165) is 18.8 Å². The highest BCUT2D eigenvalue weighted by Gasteiger charge is 2.36. The summed E-state index contributed by atoms with van der Waals surface area (Å²) in [4.78, 5) is 2.35. The van der Waals surface area contributed by atoms with Gasteiger partial charge in [0.05, 0.1) is 6.61 Å². The lowest BCUT2D eigenvalue weighted by Crippen LogP contribution is -3.60. The van der Waals surface area contributed by atoms with Gasteiger partial charge in [-0.2, -0.15) is 13.2 Å². The first-order valence-electron chi connectivity index (χ1n) is 15.4. The summed E-state index contributed by atoms with van der Waals surface area (Å²) in [5, 5.41) is 0. The summed E-state index contributed by atoms with van der Waals surface area (Å²) in [7, 11) is -6.09. The molecule has 2 aromatic rings. The molecule has 0 saturated carbocycles. The molecule has 9 heteroatoms. The molecule has 0 aromatic heterocycles. The maximum Gasteiger partial charge on any atom is 0.485 e. The number of ether oxygens (including phenoxy) is 1. The predicted octanol–water partition coefficient (Wildman–Crippen LogP) is 6.86. The molecule has 0 bridgehead atoms. The molecule has 240 valence electrons. The average molecular weight is 727 g/mol. The van der Waals surface area contributed by atoms with Crippen molar-refractivity contribution in [2.24, 2.45) is 0 Å². The van der Waals surface area contributed by atoms with E-state index in [1.165, 1.54) is 117 Å². The summed E-state index contributed by atoms with van der Waals surface area (Å²) in [6, 6.07) is 17.6. The first kappa shape index (κ1) is 38.7. The van der Waals surface area contributed by atoms with Gasteiger partial charge in [-0.05, 0) is 30.2 Å². The normalized spacial score (nSPS) is 11.7. The highest BCUT2D eigenvalue weighted by Crippen LogP contribution is 2.21. The predicted molar refractivity (Wildman–Crippen MR) is 161 cm³/mol. The van der Waals surface area contributed by atoms with Crippen molar-refractivity contribution in [3.63, 3.8) is 0 Å². The second kappa shape index (κ2) is 23.1. The number of hydrogen-bond donors (Lipinski definition) is 0. The molecule has 0 fully saturated rings. The number of rotatable bonds is 21. The van der Waals surface area contributed by atoms with Gasteiger partial charge in [0.25, 0.3) is 0 Å².